The molecule has 6 rings (SSSR count). The normalized spacial score (nSPS) is 29.6. The monoisotopic (exact) mass is 431 g/mol. The zero-order valence-electron chi connectivity index (χ0n) is 18.5. The van der Waals surface area contributed by atoms with E-state index in [2.05, 4.69) is 36.4 Å². The summed E-state index contributed by atoms with van der Waals surface area (Å²) in [6.07, 6.45) is 6.04. The molecule has 0 radical (unpaired) electrons. The third kappa shape index (κ3) is 2.89. The topological polar surface area (TPSA) is 77.2 Å². The Labute approximate surface area is 188 Å². The van der Waals surface area contributed by atoms with Crippen LogP contribution in [0.2, 0.25) is 0 Å². The summed E-state index contributed by atoms with van der Waals surface area (Å²) in [6.45, 7) is 1.19. The van der Waals surface area contributed by atoms with Gasteiger partial charge in [-0.15, -0.1) is 0 Å². The number of hydrogen-bond acceptors (Lipinski definition) is 5. The van der Waals surface area contributed by atoms with Gasteiger partial charge in [0, 0.05) is 25.6 Å². The van der Waals surface area contributed by atoms with Crippen molar-refractivity contribution < 1.29 is 14.3 Å². The fourth-order valence-electron chi connectivity index (χ4n) is 5.70. The van der Waals surface area contributed by atoms with E-state index < -0.39 is 11.1 Å². The summed E-state index contributed by atoms with van der Waals surface area (Å²) in [6, 6.07) is 15.0. The number of rotatable bonds is 2. The van der Waals surface area contributed by atoms with Crippen LogP contribution < -0.4 is 10.5 Å². The molecule has 2 atom stereocenters. The maximum Gasteiger partial charge on any atom is 0.261 e. The van der Waals surface area contributed by atoms with Gasteiger partial charge in [0.2, 0.25) is 0 Å². The lowest BCUT2D eigenvalue weighted by Gasteiger charge is -2.46. The maximum absolute atomic E-state index is 13.6. The van der Waals surface area contributed by atoms with Gasteiger partial charge in [-0.2, -0.15) is 0 Å². The van der Waals surface area contributed by atoms with Crippen molar-refractivity contribution in [2.75, 3.05) is 20.3 Å². The largest absolute Gasteiger partial charge is 0.484 e. The Kier molecular flexibility index (Phi) is 4.37. The summed E-state index contributed by atoms with van der Waals surface area (Å²) in [7, 11) is 1.70. The minimum atomic E-state index is -1.06. The number of hydrogen-bond donors (Lipinski definition) is 1. The minimum absolute atomic E-state index is 0.0927. The summed E-state index contributed by atoms with van der Waals surface area (Å²) in [5.41, 5.74) is 8.97. The number of ether oxygens (including phenoxy) is 2. The molecule has 1 saturated carbocycles. The molecule has 32 heavy (non-hydrogen) atoms. The van der Waals surface area contributed by atoms with E-state index in [4.69, 9.17) is 20.2 Å². The van der Waals surface area contributed by atoms with Gasteiger partial charge in [-0.1, -0.05) is 36.8 Å². The highest BCUT2D eigenvalue weighted by Crippen LogP contribution is 2.52. The Morgan fingerprint density at radius 3 is 2.66 bits per heavy atom. The van der Waals surface area contributed by atoms with E-state index in [0.717, 1.165) is 36.1 Å². The lowest BCUT2D eigenvalue weighted by molar-refractivity contribution is -0.139. The Hall–Kier alpha value is -2.86. The van der Waals surface area contributed by atoms with Crippen molar-refractivity contribution in [3.8, 4) is 16.9 Å². The van der Waals surface area contributed by atoms with Crippen LogP contribution in [0.15, 0.2) is 47.5 Å². The average molecular weight is 432 g/mol. The van der Waals surface area contributed by atoms with Crippen molar-refractivity contribution in [2.24, 2.45) is 10.7 Å². The number of fused-ring (bicyclic) bond motifs is 2. The minimum Gasteiger partial charge on any atom is -0.484 e. The SMILES string of the molecule is CN1C(=O)C2(CC3(CCCOC3)Oc3ccc(-c4cccc(C5CCC5)c4)cc32)N=C1N. The third-order valence-electron chi connectivity index (χ3n) is 7.72. The number of carbonyl (C=O) groups is 1. The van der Waals surface area contributed by atoms with Gasteiger partial charge in [-0.3, -0.25) is 9.69 Å². The quantitative estimate of drug-likeness (QED) is 0.782. The molecule has 0 aromatic heterocycles. The second-order valence-corrected chi connectivity index (χ2v) is 9.78. The molecule has 1 aliphatic carbocycles. The van der Waals surface area contributed by atoms with Crippen molar-refractivity contribution in [3.05, 3.63) is 53.6 Å². The predicted octanol–water partition coefficient (Wildman–Crippen LogP) is 3.93. The zero-order chi connectivity index (χ0) is 21.9. The molecule has 6 heteroatoms. The van der Waals surface area contributed by atoms with Crippen LogP contribution in [0.5, 0.6) is 5.75 Å². The van der Waals surface area contributed by atoms with Gasteiger partial charge in [0.05, 0.1) is 6.61 Å². The molecule has 1 saturated heterocycles. The standard InChI is InChI=1S/C26H29N3O3/c1-29-23(30)26(28-24(29)27)15-25(11-4-12-31-16-25)32-22-10-9-20(14-21(22)26)19-8-3-7-18(13-19)17-5-2-6-17/h3,7-10,13-14,17H,2,4-6,11-12,15-16H2,1H3,(H2,27,28). The second kappa shape index (κ2) is 7.07. The Balaban J connectivity index is 1.47. The average Bonchev–Trinajstić information content (AvgIpc) is 2.97. The van der Waals surface area contributed by atoms with E-state index in [-0.39, 0.29) is 11.9 Å². The van der Waals surface area contributed by atoms with Crippen molar-refractivity contribution in [1.29, 1.82) is 0 Å². The Morgan fingerprint density at radius 1 is 1.12 bits per heavy atom. The van der Waals surface area contributed by atoms with Crippen LogP contribution in [0.4, 0.5) is 0 Å². The number of guanidine groups is 1. The van der Waals surface area contributed by atoms with Gasteiger partial charge in [0.1, 0.15) is 11.4 Å². The molecule has 1 amide bonds. The predicted molar refractivity (Wildman–Crippen MR) is 123 cm³/mol. The van der Waals surface area contributed by atoms with Crippen LogP contribution in [0.1, 0.15) is 55.6 Å². The van der Waals surface area contributed by atoms with Gasteiger partial charge >= 0.3 is 0 Å². The molecular weight excluding hydrogens is 402 g/mol. The van der Waals surface area contributed by atoms with E-state index in [9.17, 15) is 4.79 Å². The first-order valence-corrected chi connectivity index (χ1v) is 11.6. The molecule has 3 aliphatic heterocycles. The first-order chi connectivity index (χ1) is 15.5. The van der Waals surface area contributed by atoms with E-state index in [1.54, 1.807) is 7.05 Å². The van der Waals surface area contributed by atoms with E-state index >= 15 is 0 Å². The highest BCUT2D eigenvalue weighted by Gasteiger charge is 2.58. The number of nitrogens with zero attached hydrogens (tertiary/aromatic N) is 2. The summed E-state index contributed by atoms with van der Waals surface area (Å²) in [5, 5.41) is 0. The molecule has 2 spiro atoms. The first kappa shape index (κ1) is 19.8. The number of nitrogens with two attached hydrogens (primary N) is 1. The summed E-state index contributed by atoms with van der Waals surface area (Å²) >= 11 is 0. The molecule has 6 nitrogen and oxygen atoms in total. The van der Waals surface area contributed by atoms with Crippen molar-refractivity contribution >= 4 is 11.9 Å². The molecular formula is C26H29N3O3. The van der Waals surface area contributed by atoms with Crippen molar-refractivity contribution in [2.45, 2.75) is 55.6 Å². The van der Waals surface area contributed by atoms with E-state index in [1.807, 2.05) is 6.07 Å². The molecule has 166 valence electrons. The molecule has 2 N–H and O–H groups in total. The van der Waals surface area contributed by atoms with Crippen LogP contribution in [-0.4, -0.2) is 42.6 Å². The molecule has 0 bridgehead atoms. The fourth-order valence-corrected chi connectivity index (χ4v) is 5.70. The Bertz CT molecular complexity index is 1120. The maximum atomic E-state index is 13.6. The third-order valence-corrected chi connectivity index (χ3v) is 7.72. The van der Waals surface area contributed by atoms with Crippen LogP contribution in [0.25, 0.3) is 11.1 Å². The van der Waals surface area contributed by atoms with Crippen molar-refractivity contribution in [3.63, 3.8) is 0 Å². The molecule has 2 unspecified atom stereocenters. The van der Waals surface area contributed by atoms with Crippen LogP contribution in [0, 0.1) is 0 Å². The van der Waals surface area contributed by atoms with Crippen LogP contribution in [-0.2, 0) is 15.1 Å². The Morgan fingerprint density at radius 2 is 1.97 bits per heavy atom. The van der Waals surface area contributed by atoms with Crippen LogP contribution in [0.3, 0.4) is 0 Å². The number of aliphatic imine (C=N–C) groups is 1. The van der Waals surface area contributed by atoms with E-state index in [0.29, 0.717) is 24.7 Å². The van der Waals surface area contributed by atoms with Crippen LogP contribution >= 0.6 is 0 Å². The number of benzene rings is 2. The summed E-state index contributed by atoms with van der Waals surface area (Å²) in [4.78, 5) is 19.8. The molecule has 2 fully saturated rings. The zero-order valence-corrected chi connectivity index (χ0v) is 18.5. The van der Waals surface area contributed by atoms with Gasteiger partial charge in [-0.25, -0.2) is 4.99 Å². The van der Waals surface area contributed by atoms with Gasteiger partial charge < -0.3 is 15.2 Å². The summed E-state index contributed by atoms with van der Waals surface area (Å²) in [5.74, 6) is 1.54. The second-order valence-electron chi connectivity index (χ2n) is 9.78. The van der Waals surface area contributed by atoms with Gasteiger partial charge in [0.25, 0.3) is 5.91 Å². The van der Waals surface area contributed by atoms with E-state index in [1.165, 1.54) is 29.7 Å². The van der Waals surface area contributed by atoms with Crippen molar-refractivity contribution in [1.82, 2.24) is 4.90 Å². The highest BCUT2D eigenvalue weighted by atomic mass is 16.5. The lowest BCUT2D eigenvalue weighted by Crippen LogP contribution is -2.55. The van der Waals surface area contributed by atoms with Gasteiger partial charge in [-0.05, 0) is 60.4 Å². The highest BCUT2D eigenvalue weighted by molar-refractivity contribution is 6.07. The molecule has 2 aromatic rings. The molecule has 3 heterocycles. The van der Waals surface area contributed by atoms with Gasteiger partial charge in [0.15, 0.2) is 11.5 Å². The lowest BCUT2D eigenvalue weighted by atomic mass is 9.73. The molecule has 4 aliphatic rings. The first-order valence-electron chi connectivity index (χ1n) is 11.6. The number of carbonyl (C=O) groups excluding carboxylic acids is 1. The number of likely N-dealkylation sites (N-methyl/N-ethyl adjacent to an activating group) is 1. The summed E-state index contributed by atoms with van der Waals surface area (Å²) < 4.78 is 12.3. The fraction of sp³-hybridized carbons (Fsp3) is 0.462. The number of amides is 1. The smallest absolute Gasteiger partial charge is 0.261 e. The molecule has 2 aromatic carbocycles.